The Morgan fingerprint density at radius 2 is 2.00 bits per heavy atom. The minimum Gasteiger partial charge on any atom is -0.319 e. The van der Waals surface area contributed by atoms with Crippen LogP contribution >= 0.6 is 11.6 Å². The Morgan fingerprint density at radius 1 is 1.23 bits per heavy atom. The van der Waals surface area contributed by atoms with Crippen molar-refractivity contribution in [2.45, 2.75) is 19.5 Å². The van der Waals surface area contributed by atoms with E-state index in [0.29, 0.717) is 16.5 Å². The van der Waals surface area contributed by atoms with Crippen molar-refractivity contribution >= 4 is 22.5 Å². The highest BCUT2D eigenvalue weighted by atomic mass is 35.5. The van der Waals surface area contributed by atoms with Gasteiger partial charge in [0.25, 0.3) is 11.1 Å². The molecule has 0 saturated carbocycles. The van der Waals surface area contributed by atoms with E-state index in [1.165, 1.54) is 6.07 Å². The summed E-state index contributed by atoms with van der Waals surface area (Å²) in [5, 5.41) is 12.6. The summed E-state index contributed by atoms with van der Waals surface area (Å²) in [4.78, 5) is 29.2. The largest absolute Gasteiger partial charge is 0.319 e. The number of rotatable bonds is 4. The lowest BCUT2D eigenvalue weighted by Crippen LogP contribution is -2.27. The summed E-state index contributed by atoms with van der Waals surface area (Å²) in [5.41, 5.74) is 0.305. The summed E-state index contributed by atoms with van der Waals surface area (Å²) in [5.74, 6) is -0.596. The van der Waals surface area contributed by atoms with E-state index < -0.39 is 17.4 Å². The Kier molecular flexibility index (Phi) is 4.89. The quantitative estimate of drug-likeness (QED) is 0.655. The van der Waals surface area contributed by atoms with Crippen LogP contribution in [0.2, 0.25) is 5.02 Å². The number of fused-ring (bicyclic) bond motifs is 1. The van der Waals surface area contributed by atoms with E-state index in [0.717, 1.165) is 6.07 Å². The average Bonchev–Trinajstić information content (AvgIpc) is 2.60. The number of aromatic amines is 2. The topological polar surface area (TPSA) is 102 Å². The smallest absolute Gasteiger partial charge is 0.253 e. The van der Waals surface area contributed by atoms with Crippen molar-refractivity contribution in [2.24, 2.45) is 0 Å². The molecule has 3 aromatic rings. The lowest BCUT2D eigenvalue weighted by molar-refractivity contribution is 0.567. The van der Waals surface area contributed by atoms with Gasteiger partial charge in [0, 0.05) is 34.1 Å². The van der Waals surface area contributed by atoms with Gasteiger partial charge in [0.05, 0.1) is 5.52 Å². The van der Waals surface area contributed by atoms with E-state index in [1.807, 2.05) is 6.07 Å². The van der Waals surface area contributed by atoms with Crippen molar-refractivity contribution < 1.29 is 4.39 Å². The van der Waals surface area contributed by atoms with Gasteiger partial charge in [-0.2, -0.15) is 5.26 Å². The number of hydrogen-bond acceptors (Lipinski definition) is 4. The van der Waals surface area contributed by atoms with Gasteiger partial charge < -0.3 is 15.3 Å². The van der Waals surface area contributed by atoms with Crippen LogP contribution in [0.5, 0.6) is 0 Å². The van der Waals surface area contributed by atoms with Crippen molar-refractivity contribution in [3.8, 4) is 6.07 Å². The minimum atomic E-state index is -0.596. The number of pyridine rings is 2. The first-order valence-electron chi connectivity index (χ1n) is 7.76. The molecule has 0 spiro atoms. The molecule has 2 aromatic heterocycles. The van der Waals surface area contributed by atoms with Crippen molar-refractivity contribution in [1.82, 2.24) is 15.3 Å². The van der Waals surface area contributed by atoms with E-state index in [1.54, 1.807) is 25.1 Å². The Bertz CT molecular complexity index is 1150. The van der Waals surface area contributed by atoms with Gasteiger partial charge in [0.2, 0.25) is 0 Å². The first kappa shape index (κ1) is 17.9. The predicted octanol–water partition coefficient (Wildman–Crippen LogP) is 2.73. The Balaban J connectivity index is 1.87. The number of benzene rings is 1. The van der Waals surface area contributed by atoms with E-state index in [9.17, 15) is 14.0 Å². The van der Waals surface area contributed by atoms with Gasteiger partial charge in [-0.05, 0) is 37.3 Å². The third-order valence-electron chi connectivity index (χ3n) is 4.07. The van der Waals surface area contributed by atoms with Crippen molar-refractivity contribution in [3.05, 3.63) is 78.7 Å². The molecule has 0 bridgehead atoms. The molecule has 3 rings (SSSR count). The second-order valence-corrected chi connectivity index (χ2v) is 6.28. The van der Waals surface area contributed by atoms with Crippen LogP contribution in [0, 0.1) is 17.1 Å². The Labute approximate surface area is 152 Å². The molecule has 2 heterocycles. The Morgan fingerprint density at radius 3 is 2.69 bits per heavy atom. The fourth-order valence-corrected chi connectivity index (χ4v) is 2.87. The molecule has 0 aliphatic heterocycles. The summed E-state index contributed by atoms with van der Waals surface area (Å²) in [6.07, 6.45) is 0. The van der Waals surface area contributed by atoms with Gasteiger partial charge in [-0.3, -0.25) is 9.59 Å². The standard InChI is InChI=1S/C18H14ClFN4O2/c1-9(22-8-10-2-3-13(7-21)23-17(10)25)14-5-11-4-12(19)6-15(20)16(11)24-18(14)26/h2-6,9,22H,8H2,1H3,(H,23,25)(H,24,26)/t9-/m0/s1. The molecule has 132 valence electrons. The maximum Gasteiger partial charge on any atom is 0.253 e. The SMILES string of the molecule is C[C@H](NCc1ccc(C#N)[nH]c1=O)c1cc2cc(Cl)cc(F)c2[nH]c1=O. The summed E-state index contributed by atoms with van der Waals surface area (Å²) in [6, 6.07) is 8.79. The molecular formula is C18H14ClFN4O2. The van der Waals surface area contributed by atoms with Gasteiger partial charge in [0.15, 0.2) is 0 Å². The third kappa shape index (κ3) is 3.52. The zero-order valence-corrected chi connectivity index (χ0v) is 14.4. The molecule has 0 radical (unpaired) electrons. The number of hydrogen-bond donors (Lipinski definition) is 3. The number of H-pyrrole nitrogens is 2. The van der Waals surface area contributed by atoms with Gasteiger partial charge >= 0.3 is 0 Å². The van der Waals surface area contributed by atoms with E-state index >= 15 is 0 Å². The zero-order valence-electron chi connectivity index (χ0n) is 13.7. The average molecular weight is 373 g/mol. The van der Waals surface area contributed by atoms with Gasteiger partial charge in [-0.25, -0.2) is 4.39 Å². The summed E-state index contributed by atoms with van der Waals surface area (Å²) < 4.78 is 13.9. The van der Waals surface area contributed by atoms with Crippen LogP contribution in [0.4, 0.5) is 4.39 Å². The predicted molar refractivity (Wildman–Crippen MR) is 96.6 cm³/mol. The lowest BCUT2D eigenvalue weighted by atomic mass is 10.1. The first-order chi connectivity index (χ1) is 12.4. The highest BCUT2D eigenvalue weighted by Gasteiger charge is 2.14. The van der Waals surface area contributed by atoms with Crippen LogP contribution in [0.25, 0.3) is 10.9 Å². The molecule has 6 nitrogen and oxygen atoms in total. The summed E-state index contributed by atoms with van der Waals surface area (Å²) in [7, 11) is 0. The first-order valence-corrected chi connectivity index (χ1v) is 8.14. The van der Waals surface area contributed by atoms with Crippen LogP contribution in [0.3, 0.4) is 0 Å². The molecule has 0 saturated heterocycles. The highest BCUT2D eigenvalue weighted by Crippen LogP contribution is 2.22. The molecule has 0 unspecified atom stereocenters. The van der Waals surface area contributed by atoms with E-state index in [-0.39, 0.29) is 28.3 Å². The molecule has 26 heavy (non-hydrogen) atoms. The number of nitriles is 1. The Hall–Kier alpha value is -2.95. The molecule has 1 aromatic carbocycles. The highest BCUT2D eigenvalue weighted by molar-refractivity contribution is 6.31. The maximum absolute atomic E-state index is 13.9. The summed E-state index contributed by atoms with van der Waals surface area (Å²) >= 11 is 5.87. The molecule has 3 N–H and O–H groups in total. The summed E-state index contributed by atoms with van der Waals surface area (Å²) in [6.45, 7) is 1.96. The third-order valence-corrected chi connectivity index (χ3v) is 4.29. The van der Waals surface area contributed by atoms with Crippen LogP contribution in [-0.2, 0) is 6.54 Å². The number of nitrogens with zero attached hydrogens (tertiary/aromatic N) is 1. The lowest BCUT2D eigenvalue weighted by Gasteiger charge is -2.14. The second kappa shape index (κ2) is 7.12. The molecule has 1 atom stereocenters. The normalized spacial score (nSPS) is 12.1. The van der Waals surface area contributed by atoms with Crippen LogP contribution in [0.15, 0.2) is 39.9 Å². The monoisotopic (exact) mass is 372 g/mol. The zero-order chi connectivity index (χ0) is 18.8. The van der Waals surface area contributed by atoms with Crippen molar-refractivity contribution in [2.75, 3.05) is 0 Å². The number of nitrogens with one attached hydrogen (secondary N) is 3. The van der Waals surface area contributed by atoms with E-state index in [2.05, 4.69) is 15.3 Å². The van der Waals surface area contributed by atoms with Gasteiger partial charge in [-0.1, -0.05) is 11.6 Å². The number of aromatic nitrogens is 2. The molecule has 0 aliphatic rings. The fraction of sp³-hybridized carbons (Fsp3) is 0.167. The molecule has 0 amide bonds. The van der Waals surface area contributed by atoms with Crippen LogP contribution < -0.4 is 16.4 Å². The van der Waals surface area contributed by atoms with Crippen LogP contribution in [0.1, 0.15) is 29.8 Å². The molecule has 8 heteroatoms. The van der Waals surface area contributed by atoms with Crippen LogP contribution in [-0.4, -0.2) is 9.97 Å². The van der Waals surface area contributed by atoms with Gasteiger partial charge in [0.1, 0.15) is 17.6 Å². The fourth-order valence-electron chi connectivity index (χ4n) is 2.66. The van der Waals surface area contributed by atoms with Crippen molar-refractivity contribution in [1.29, 1.82) is 5.26 Å². The second-order valence-electron chi connectivity index (χ2n) is 5.85. The minimum absolute atomic E-state index is 0.0962. The van der Waals surface area contributed by atoms with E-state index in [4.69, 9.17) is 16.9 Å². The molecule has 0 aliphatic carbocycles. The molecule has 0 fully saturated rings. The van der Waals surface area contributed by atoms with Gasteiger partial charge in [-0.15, -0.1) is 0 Å². The maximum atomic E-state index is 13.9. The number of halogens is 2. The molecular weight excluding hydrogens is 359 g/mol. The van der Waals surface area contributed by atoms with Crippen molar-refractivity contribution in [3.63, 3.8) is 0 Å².